The lowest BCUT2D eigenvalue weighted by atomic mass is 10.1. The van der Waals surface area contributed by atoms with Gasteiger partial charge in [-0.2, -0.15) is 5.10 Å². The minimum atomic E-state index is -0.747. The molecule has 2 aromatic rings. The maximum Gasteiger partial charge on any atom is 0.362 e. The summed E-state index contributed by atoms with van der Waals surface area (Å²) in [6, 6.07) is 9.06. The minimum Gasteiger partial charge on any atom is -0.421 e. The van der Waals surface area contributed by atoms with E-state index in [1.807, 2.05) is 52.0 Å². The molecule has 1 aromatic heterocycles. The maximum atomic E-state index is 12.6. The van der Waals surface area contributed by atoms with Crippen molar-refractivity contribution in [3.05, 3.63) is 58.9 Å². The standard InChI is InChI=1S/C18H20N2O3/c1-11-9-14(20(19-11)18(2,3)4)17(22)23-16-10-15(21)12-7-5-6-8-13(12)16/h5-10,15,21H,1-4H3. The molecule has 5 heteroatoms. The fourth-order valence-corrected chi connectivity index (χ4v) is 2.70. The Balaban J connectivity index is 1.91. The molecule has 0 fully saturated rings. The van der Waals surface area contributed by atoms with Gasteiger partial charge >= 0.3 is 5.97 Å². The monoisotopic (exact) mass is 312 g/mol. The third-order valence-electron chi connectivity index (χ3n) is 3.73. The molecule has 1 unspecified atom stereocenters. The Morgan fingerprint density at radius 1 is 1.30 bits per heavy atom. The molecule has 1 atom stereocenters. The predicted octanol–water partition coefficient (Wildman–Crippen LogP) is 3.19. The number of aliphatic hydroxyl groups is 1. The lowest BCUT2D eigenvalue weighted by Gasteiger charge is -2.21. The number of hydrogen-bond donors (Lipinski definition) is 1. The first-order valence-electron chi connectivity index (χ1n) is 7.56. The molecule has 0 bridgehead atoms. The number of hydrogen-bond acceptors (Lipinski definition) is 4. The number of esters is 1. The summed E-state index contributed by atoms with van der Waals surface area (Å²) in [7, 11) is 0. The second-order valence-corrected chi connectivity index (χ2v) is 6.71. The molecule has 1 heterocycles. The summed E-state index contributed by atoms with van der Waals surface area (Å²) in [5, 5.41) is 14.4. The van der Waals surface area contributed by atoms with E-state index in [0.717, 1.165) is 16.8 Å². The SMILES string of the molecule is Cc1cc(C(=O)OC2=CC(O)c3ccccc32)n(C(C)(C)C)n1. The second kappa shape index (κ2) is 5.35. The maximum absolute atomic E-state index is 12.6. The first-order valence-corrected chi connectivity index (χ1v) is 7.56. The molecule has 1 aliphatic rings. The number of benzene rings is 1. The molecule has 0 radical (unpaired) electrons. The Kier molecular flexibility index (Phi) is 3.60. The molecular weight excluding hydrogens is 292 g/mol. The minimum absolute atomic E-state index is 0.329. The van der Waals surface area contributed by atoms with Gasteiger partial charge in [0, 0.05) is 5.56 Å². The molecule has 23 heavy (non-hydrogen) atoms. The fraction of sp³-hybridized carbons (Fsp3) is 0.333. The van der Waals surface area contributed by atoms with Gasteiger partial charge in [0.25, 0.3) is 0 Å². The van der Waals surface area contributed by atoms with Gasteiger partial charge in [-0.25, -0.2) is 4.79 Å². The number of rotatable bonds is 2. The van der Waals surface area contributed by atoms with E-state index in [2.05, 4.69) is 5.10 Å². The van der Waals surface area contributed by atoms with Gasteiger partial charge in [-0.05, 0) is 45.4 Å². The van der Waals surface area contributed by atoms with E-state index in [9.17, 15) is 9.90 Å². The van der Waals surface area contributed by atoms with Crippen molar-refractivity contribution in [2.45, 2.75) is 39.3 Å². The number of aromatic nitrogens is 2. The highest BCUT2D eigenvalue weighted by molar-refractivity contribution is 5.92. The van der Waals surface area contributed by atoms with Crippen LogP contribution in [0.25, 0.3) is 5.76 Å². The Bertz CT molecular complexity index is 797. The van der Waals surface area contributed by atoms with E-state index in [1.54, 1.807) is 16.8 Å². The summed E-state index contributed by atoms with van der Waals surface area (Å²) in [5.41, 5.74) is 2.31. The van der Waals surface area contributed by atoms with Gasteiger partial charge in [0.1, 0.15) is 17.6 Å². The third kappa shape index (κ3) is 2.80. The van der Waals surface area contributed by atoms with Crippen LogP contribution in [-0.4, -0.2) is 20.9 Å². The van der Waals surface area contributed by atoms with Crippen LogP contribution in [0.1, 0.15) is 54.2 Å². The van der Waals surface area contributed by atoms with Crippen LogP contribution in [0, 0.1) is 6.92 Å². The highest BCUT2D eigenvalue weighted by Gasteiger charge is 2.28. The van der Waals surface area contributed by atoms with Gasteiger partial charge in [0.05, 0.1) is 11.2 Å². The first kappa shape index (κ1) is 15.5. The average molecular weight is 312 g/mol. The van der Waals surface area contributed by atoms with Crippen LogP contribution in [0.2, 0.25) is 0 Å². The molecule has 3 rings (SSSR count). The summed E-state index contributed by atoms with van der Waals surface area (Å²) in [6.07, 6.45) is 0.802. The molecule has 5 nitrogen and oxygen atoms in total. The van der Waals surface area contributed by atoms with Crippen molar-refractivity contribution in [1.82, 2.24) is 9.78 Å². The van der Waals surface area contributed by atoms with Gasteiger partial charge in [0.15, 0.2) is 0 Å². The van der Waals surface area contributed by atoms with Crippen molar-refractivity contribution in [3.63, 3.8) is 0 Å². The Hall–Kier alpha value is -2.40. The van der Waals surface area contributed by atoms with Crippen LogP contribution >= 0.6 is 0 Å². The molecule has 1 aromatic carbocycles. The summed E-state index contributed by atoms with van der Waals surface area (Å²) in [4.78, 5) is 12.6. The van der Waals surface area contributed by atoms with Crippen LogP contribution < -0.4 is 0 Å². The van der Waals surface area contributed by atoms with Gasteiger partial charge in [-0.15, -0.1) is 0 Å². The Labute approximate surface area is 135 Å². The Morgan fingerprint density at radius 3 is 2.70 bits per heavy atom. The lowest BCUT2D eigenvalue weighted by Crippen LogP contribution is -2.27. The van der Waals surface area contributed by atoms with Crippen molar-refractivity contribution in [2.75, 3.05) is 0 Å². The van der Waals surface area contributed by atoms with Crippen molar-refractivity contribution in [2.24, 2.45) is 0 Å². The first-order chi connectivity index (χ1) is 10.8. The summed E-state index contributed by atoms with van der Waals surface area (Å²) >= 11 is 0. The topological polar surface area (TPSA) is 64.3 Å². The van der Waals surface area contributed by atoms with Gasteiger partial charge in [-0.1, -0.05) is 24.3 Å². The van der Waals surface area contributed by atoms with Crippen LogP contribution in [-0.2, 0) is 10.3 Å². The molecule has 1 aliphatic carbocycles. The zero-order valence-corrected chi connectivity index (χ0v) is 13.7. The lowest BCUT2D eigenvalue weighted by molar-refractivity contribution is 0.0670. The van der Waals surface area contributed by atoms with Crippen LogP contribution in [0.4, 0.5) is 0 Å². The largest absolute Gasteiger partial charge is 0.421 e. The zero-order valence-electron chi connectivity index (χ0n) is 13.7. The number of carbonyl (C=O) groups is 1. The van der Waals surface area contributed by atoms with Crippen molar-refractivity contribution < 1.29 is 14.6 Å². The molecule has 0 spiro atoms. The van der Waals surface area contributed by atoms with Crippen LogP contribution in [0.5, 0.6) is 0 Å². The third-order valence-corrected chi connectivity index (χ3v) is 3.73. The number of aliphatic hydroxyl groups excluding tert-OH is 1. The molecule has 1 N–H and O–H groups in total. The molecule has 0 aliphatic heterocycles. The number of fused-ring (bicyclic) bond motifs is 1. The highest BCUT2D eigenvalue weighted by atomic mass is 16.5. The summed E-state index contributed by atoms with van der Waals surface area (Å²) in [6.45, 7) is 7.77. The predicted molar refractivity (Wildman–Crippen MR) is 86.8 cm³/mol. The van der Waals surface area contributed by atoms with Crippen molar-refractivity contribution >= 4 is 11.7 Å². The van der Waals surface area contributed by atoms with E-state index in [4.69, 9.17) is 4.74 Å². The van der Waals surface area contributed by atoms with Gasteiger partial charge in [0.2, 0.25) is 0 Å². The van der Waals surface area contributed by atoms with E-state index >= 15 is 0 Å². The van der Waals surface area contributed by atoms with E-state index in [-0.39, 0.29) is 5.54 Å². The number of ether oxygens (including phenoxy) is 1. The van der Waals surface area contributed by atoms with E-state index < -0.39 is 12.1 Å². The molecular formula is C18H20N2O3. The molecule has 0 amide bonds. The van der Waals surface area contributed by atoms with Crippen molar-refractivity contribution in [3.8, 4) is 0 Å². The van der Waals surface area contributed by atoms with Crippen LogP contribution in [0.3, 0.4) is 0 Å². The summed E-state index contributed by atoms with van der Waals surface area (Å²) < 4.78 is 7.21. The summed E-state index contributed by atoms with van der Waals surface area (Å²) in [5.74, 6) is -0.0897. The fourth-order valence-electron chi connectivity index (χ4n) is 2.70. The average Bonchev–Trinajstić information content (AvgIpc) is 3.01. The van der Waals surface area contributed by atoms with Crippen molar-refractivity contribution in [1.29, 1.82) is 0 Å². The Morgan fingerprint density at radius 2 is 2.00 bits per heavy atom. The van der Waals surface area contributed by atoms with E-state index in [1.165, 1.54) is 0 Å². The van der Waals surface area contributed by atoms with Gasteiger partial charge in [-0.3, -0.25) is 4.68 Å². The number of carbonyl (C=O) groups excluding carboxylic acids is 1. The zero-order chi connectivity index (χ0) is 16.8. The second-order valence-electron chi connectivity index (χ2n) is 6.71. The quantitative estimate of drug-likeness (QED) is 0.865. The normalized spacial score (nSPS) is 16.9. The highest BCUT2D eigenvalue weighted by Crippen LogP contribution is 2.35. The molecule has 120 valence electrons. The smallest absolute Gasteiger partial charge is 0.362 e. The van der Waals surface area contributed by atoms with Gasteiger partial charge < -0.3 is 9.84 Å². The van der Waals surface area contributed by atoms with E-state index in [0.29, 0.717) is 11.5 Å². The molecule has 0 saturated heterocycles. The van der Waals surface area contributed by atoms with Crippen LogP contribution in [0.15, 0.2) is 36.4 Å². The molecule has 0 saturated carbocycles. The number of nitrogens with zero attached hydrogens (tertiary/aromatic N) is 2. The number of aryl methyl sites for hydroxylation is 1.